The van der Waals surface area contributed by atoms with Crippen LogP contribution in [0.3, 0.4) is 0 Å². The van der Waals surface area contributed by atoms with Gasteiger partial charge in [0.25, 0.3) is 23.6 Å². The molecule has 5 rings (SSSR count). The largest absolute Gasteiger partial charge is 0.464 e. The molecule has 42 heavy (non-hydrogen) atoms. The van der Waals surface area contributed by atoms with Crippen LogP contribution in [-0.2, 0) is 19.1 Å². The van der Waals surface area contributed by atoms with Crippen molar-refractivity contribution in [3.63, 3.8) is 0 Å². The Morgan fingerprint density at radius 3 is 1.21 bits per heavy atom. The average molecular weight is 573 g/mol. The molecule has 214 valence electrons. The van der Waals surface area contributed by atoms with E-state index in [-0.39, 0.29) is 48.6 Å². The van der Waals surface area contributed by atoms with E-state index in [4.69, 9.17) is 18.9 Å². The number of esters is 2. The van der Waals surface area contributed by atoms with Crippen molar-refractivity contribution in [2.24, 2.45) is 0 Å². The standard InChI is InChI=1S/C30H24N2O10/c1-17(33)39-13-11-31-27(35)23-9-7-21(15-25(23)29(31)37)41-19-3-5-20(6-4-19)42-22-8-10-24-26(16-22)30(38)32(28(24)36)12-14-40-18(2)34/h3-10,15-16H,11-14H2,1-2H3. The summed E-state index contributed by atoms with van der Waals surface area (Å²) in [6.07, 6.45) is 0. The molecule has 12 nitrogen and oxygen atoms in total. The number of carbonyl (C=O) groups excluding carboxylic acids is 6. The zero-order valence-corrected chi connectivity index (χ0v) is 22.6. The Morgan fingerprint density at radius 2 is 0.857 bits per heavy atom. The molecule has 0 saturated heterocycles. The SMILES string of the molecule is CC(=O)OCCN1C(=O)c2ccc(Oc3ccc(Oc4ccc5c(c4)C(=O)N(CCOC(C)=O)C5=O)cc3)cc2C1=O. The summed E-state index contributed by atoms with van der Waals surface area (Å²) in [7, 11) is 0. The van der Waals surface area contributed by atoms with Gasteiger partial charge in [0.15, 0.2) is 0 Å². The van der Waals surface area contributed by atoms with Gasteiger partial charge in [-0.2, -0.15) is 0 Å². The Balaban J connectivity index is 1.22. The van der Waals surface area contributed by atoms with Crippen LogP contribution in [0.5, 0.6) is 23.0 Å². The summed E-state index contributed by atoms with van der Waals surface area (Å²) in [5.74, 6) is -1.40. The van der Waals surface area contributed by atoms with Crippen molar-refractivity contribution in [1.82, 2.24) is 9.80 Å². The van der Waals surface area contributed by atoms with Crippen molar-refractivity contribution in [2.75, 3.05) is 26.3 Å². The minimum atomic E-state index is -0.501. The van der Waals surface area contributed by atoms with E-state index < -0.39 is 35.6 Å². The van der Waals surface area contributed by atoms with E-state index in [1.165, 1.54) is 38.1 Å². The molecule has 2 heterocycles. The number of nitrogens with zero attached hydrogens (tertiary/aromatic N) is 2. The van der Waals surface area contributed by atoms with Crippen LogP contribution in [0.4, 0.5) is 0 Å². The molecule has 0 atom stereocenters. The van der Waals surface area contributed by atoms with Crippen molar-refractivity contribution >= 4 is 35.6 Å². The molecule has 3 aromatic carbocycles. The highest BCUT2D eigenvalue weighted by atomic mass is 16.5. The summed E-state index contributed by atoms with van der Waals surface area (Å²) in [5.41, 5.74) is 0.853. The second kappa shape index (κ2) is 11.5. The molecule has 0 bridgehead atoms. The number of benzene rings is 3. The van der Waals surface area contributed by atoms with Gasteiger partial charge < -0.3 is 18.9 Å². The number of amides is 4. The highest BCUT2D eigenvalue weighted by Crippen LogP contribution is 2.32. The summed E-state index contributed by atoms with van der Waals surface area (Å²) in [6.45, 7) is 2.21. The molecule has 0 radical (unpaired) electrons. The number of hydrogen-bond donors (Lipinski definition) is 0. The monoisotopic (exact) mass is 572 g/mol. The second-order valence-electron chi connectivity index (χ2n) is 9.29. The van der Waals surface area contributed by atoms with Gasteiger partial charge in [-0.15, -0.1) is 0 Å². The fourth-order valence-corrected chi connectivity index (χ4v) is 4.48. The third kappa shape index (κ3) is 5.68. The van der Waals surface area contributed by atoms with Crippen molar-refractivity contribution < 1.29 is 47.7 Å². The molecule has 0 fully saturated rings. The van der Waals surface area contributed by atoms with E-state index in [0.717, 1.165) is 9.80 Å². The van der Waals surface area contributed by atoms with Crippen molar-refractivity contribution in [3.8, 4) is 23.0 Å². The minimum absolute atomic E-state index is 0.0490. The summed E-state index contributed by atoms with van der Waals surface area (Å²) in [4.78, 5) is 74.6. The van der Waals surface area contributed by atoms with E-state index in [0.29, 0.717) is 23.0 Å². The summed E-state index contributed by atoms with van der Waals surface area (Å²) >= 11 is 0. The van der Waals surface area contributed by atoms with Gasteiger partial charge in [0.1, 0.15) is 36.2 Å². The topological polar surface area (TPSA) is 146 Å². The first-order valence-electron chi connectivity index (χ1n) is 12.9. The van der Waals surface area contributed by atoms with Crippen molar-refractivity contribution in [3.05, 3.63) is 82.9 Å². The van der Waals surface area contributed by atoms with E-state index in [9.17, 15) is 28.8 Å². The number of fused-ring (bicyclic) bond motifs is 2. The van der Waals surface area contributed by atoms with Gasteiger partial charge in [-0.1, -0.05) is 0 Å². The molecule has 3 aromatic rings. The van der Waals surface area contributed by atoms with E-state index in [1.807, 2.05) is 0 Å². The van der Waals surface area contributed by atoms with Gasteiger partial charge in [-0.25, -0.2) is 0 Å². The van der Waals surface area contributed by atoms with Crippen molar-refractivity contribution in [1.29, 1.82) is 0 Å². The zero-order valence-electron chi connectivity index (χ0n) is 22.6. The third-order valence-electron chi connectivity index (χ3n) is 6.42. The zero-order chi connectivity index (χ0) is 30.0. The molecule has 0 saturated carbocycles. The molecular formula is C30H24N2O10. The molecule has 0 spiro atoms. The van der Waals surface area contributed by atoms with Crippen LogP contribution in [0.2, 0.25) is 0 Å². The van der Waals surface area contributed by atoms with Crippen LogP contribution < -0.4 is 9.47 Å². The lowest BCUT2D eigenvalue weighted by molar-refractivity contribution is -0.142. The lowest BCUT2D eigenvalue weighted by Crippen LogP contribution is -2.33. The Labute approximate surface area is 239 Å². The van der Waals surface area contributed by atoms with Gasteiger partial charge in [0.05, 0.1) is 35.3 Å². The Hall–Kier alpha value is -5.52. The van der Waals surface area contributed by atoms with Crippen LogP contribution in [-0.4, -0.2) is 71.7 Å². The maximum Gasteiger partial charge on any atom is 0.302 e. The number of carbonyl (C=O) groups is 6. The van der Waals surface area contributed by atoms with Gasteiger partial charge >= 0.3 is 11.9 Å². The van der Waals surface area contributed by atoms with Crippen LogP contribution in [0.1, 0.15) is 55.3 Å². The van der Waals surface area contributed by atoms with E-state index in [1.54, 1.807) is 36.4 Å². The van der Waals surface area contributed by atoms with E-state index >= 15 is 0 Å². The first kappa shape index (κ1) is 28.0. The molecule has 12 heteroatoms. The fraction of sp³-hybridized carbons (Fsp3) is 0.200. The third-order valence-corrected chi connectivity index (χ3v) is 6.42. The predicted octanol–water partition coefficient (Wildman–Crippen LogP) is 3.59. The van der Waals surface area contributed by atoms with Crippen LogP contribution in [0, 0.1) is 0 Å². The first-order valence-corrected chi connectivity index (χ1v) is 12.9. The second-order valence-corrected chi connectivity index (χ2v) is 9.29. The van der Waals surface area contributed by atoms with Gasteiger partial charge in [-0.05, 0) is 60.7 Å². The molecule has 0 aliphatic carbocycles. The predicted molar refractivity (Wildman–Crippen MR) is 143 cm³/mol. The van der Waals surface area contributed by atoms with Gasteiger partial charge in [0, 0.05) is 13.8 Å². The molecular weight excluding hydrogens is 548 g/mol. The summed E-state index contributed by atoms with van der Waals surface area (Å²) < 4.78 is 21.4. The lowest BCUT2D eigenvalue weighted by atomic mass is 10.1. The number of ether oxygens (including phenoxy) is 4. The smallest absolute Gasteiger partial charge is 0.302 e. The molecule has 2 aliphatic heterocycles. The maximum atomic E-state index is 12.7. The van der Waals surface area contributed by atoms with Crippen LogP contribution >= 0.6 is 0 Å². The fourth-order valence-electron chi connectivity index (χ4n) is 4.48. The number of hydrogen-bond acceptors (Lipinski definition) is 10. The quantitative estimate of drug-likeness (QED) is 0.261. The normalized spacial score (nSPS) is 13.7. The number of rotatable bonds is 10. The number of imide groups is 2. The first-order chi connectivity index (χ1) is 20.1. The van der Waals surface area contributed by atoms with Crippen LogP contribution in [0.15, 0.2) is 60.7 Å². The molecule has 2 aliphatic rings. The minimum Gasteiger partial charge on any atom is -0.464 e. The highest BCUT2D eigenvalue weighted by molar-refractivity contribution is 6.22. The molecule has 0 aromatic heterocycles. The molecule has 0 N–H and O–H groups in total. The summed E-state index contributed by atoms with van der Waals surface area (Å²) in [5, 5.41) is 0. The maximum absolute atomic E-state index is 12.7. The van der Waals surface area contributed by atoms with Crippen LogP contribution in [0.25, 0.3) is 0 Å². The Kier molecular flexibility index (Phi) is 7.69. The Bertz CT molecular complexity index is 1510. The highest BCUT2D eigenvalue weighted by Gasteiger charge is 2.37. The summed E-state index contributed by atoms with van der Waals surface area (Å²) in [6, 6.07) is 15.7. The molecule has 4 amide bonds. The average Bonchev–Trinajstić information content (AvgIpc) is 3.33. The Morgan fingerprint density at radius 1 is 0.524 bits per heavy atom. The van der Waals surface area contributed by atoms with Gasteiger partial charge in [0.2, 0.25) is 0 Å². The molecule has 0 unspecified atom stereocenters. The van der Waals surface area contributed by atoms with E-state index in [2.05, 4.69) is 0 Å². The lowest BCUT2D eigenvalue weighted by Gasteiger charge is -2.13. The van der Waals surface area contributed by atoms with Crippen molar-refractivity contribution in [2.45, 2.75) is 13.8 Å². The van der Waals surface area contributed by atoms with Gasteiger partial charge in [-0.3, -0.25) is 38.6 Å².